The molecule has 1 aromatic heterocycles. The van der Waals surface area contributed by atoms with Crippen LogP contribution in [0.2, 0.25) is 0 Å². The van der Waals surface area contributed by atoms with E-state index in [4.69, 9.17) is 6.42 Å². The van der Waals surface area contributed by atoms with Gasteiger partial charge >= 0.3 is 5.69 Å². The Hall–Kier alpha value is -1.61. The summed E-state index contributed by atoms with van der Waals surface area (Å²) in [6.45, 7) is 0. The molecular weight excluding hydrogens is 216 g/mol. The monoisotopic (exact) mass is 226 g/mol. The number of terminal acetylenes is 1. The zero-order valence-electron chi connectivity index (χ0n) is 8.39. The minimum atomic E-state index is -1.55. The van der Waals surface area contributed by atoms with Gasteiger partial charge in [0.2, 0.25) is 0 Å². The highest BCUT2D eigenvalue weighted by Crippen LogP contribution is 1.96. The molecule has 0 aliphatic rings. The van der Waals surface area contributed by atoms with Gasteiger partial charge in [0.1, 0.15) is 4.90 Å². The van der Waals surface area contributed by atoms with Crippen LogP contribution in [0.5, 0.6) is 0 Å². The maximum absolute atomic E-state index is 11.5. The summed E-state index contributed by atoms with van der Waals surface area (Å²) in [5.41, 5.74) is -1.02. The van der Waals surface area contributed by atoms with E-state index < -0.39 is 22.0 Å². The van der Waals surface area contributed by atoms with E-state index >= 15 is 0 Å². The summed E-state index contributed by atoms with van der Waals surface area (Å²) in [7, 11) is 1.27. The molecule has 1 heterocycles. The Kier molecular flexibility index (Phi) is 3.27. The van der Waals surface area contributed by atoms with E-state index in [0.29, 0.717) is 0 Å². The molecule has 80 valence electrons. The number of hydrogen-bond donors (Lipinski definition) is 0. The first kappa shape index (κ1) is 11.5. The lowest BCUT2D eigenvalue weighted by Crippen LogP contribution is -2.38. The number of rotatable bonds is 2. The third-order valence-corrected chi connectivity index (χ3v) is 3.07. The van der Waals surface area contributed by atoms with Gasteiger partial charge in [0.25, 0.3) is 5.56 Å². The molecule has 0 amide bonds. The summed E-state index contributed by atoms with van der Waals surface area (Å²) in [4.78, 5) is 22.9. The summed E-state index contributed by atoms with van der Waals surface area (Å²) < 4.78 is 13.6. The fraction of sp³-hybridized carbons (Fsp3) is 0.333. The van der Waals surface area contributed by atoms with Crippen molar-refractivity contribution >= 4 is 10.8 Å². The molecule has 0 fully saturated rings. The van der Waals surface area contributed by atoms with Gasteiger partial charge < -0.3 is 4.57 Å². The quantitative estimate of drug-likeness (QED) is 0.597. The zero-order chi connectivity index (χ0) is 11.6. The molecule has 0 aliphatic carbocycles. The van der Waals surface area contributed by atoms with Gasteiger partial charge in [-0.2, -0.15) is 0 Å². The first-order valence-corrected chi connectivity index (χ1v) is 5.39. The minimum Gasteiger partial charge on any atom is -0.302 e. The smallest absolute Gasteiger partial charge is 0.302 e. The van der Waals surface area contributed by atoms with Crippen molar-refractivity contribution in [3.05, 3.63) is 27.0 Å². The molecule has 0 bridgehead atoms. The number of aromatic nitrogens is 2. The van der Waals surface area contributed by atoms with Gasteiger partial charge in [-0.3, -0.25) is 13.6 Å². The molecule has 1 atom stereocenters. The highest BCUT2D eigenvalue weighted by molar-refractivity contribution is 7.85. The lowest BCUT2D eigenvalue weighted by molar-refractivity contribution is 0.647. The second-order valence-electron chi connectivity index (χ2n) is 2.94. The zero-order valence-corrected chi connectivity index (χ0v) is 9.21. The number of hydrogen-bond acceptors (Lipinski definition) is 3. The van der Waals surface area contributed by atoms with Gasteiger partial charge in [-0.15, -0.1) is 6.42 Å². The Morgan fingerprint density at radius 3 is 2.60 bits per heavy atom. The fourth-order valence-corrected chi connectivity index (χ4v) is 2.00. The lowest BCUT2D eigenvalue weighted by Gasteiger charge is -2.04. The highest BCUT2D eigenvalue weighted by Gasteiger charge is 2.11. The van der Waals surface area contributed by atoms with Crippen molar-refractivity contribution < 1.29 is 4.21 Å². The molecule has 0 spiro atoms. The van der Waals surface area contributed by atoms with Crippen LogP contribution < -0.4 is 11.2 Å². The van der Waals surface area contributed by atoms with E-state index in [9.17, 15) is 13.8 Å². The van der Waals surface area contributed by atoms with Crippen molar-refractivity contribution in [2.75, 3.05) is 5.75 Å². The largest absolute Gasteiger partial charge is 0.330 e. The first-order chi connectivity index (χ1) is 6.99. The Morgan fingerprint density at radius 2 is 2.07 bits per heavy atom. The molecule has 0 saturated carbocycles. The highest BCUT2D eigenvalue weighted by atomic mass is 32.2. The molecule has 1 rings (SSSR count). The first-order valence-electron chi connectivity index (χ1n) is 4.07. The van der Waals surface area contributed by atoms with Crippen LogP contribution in [0, 0.1) is 12.3 Å². The van der Waals surface area contributed by atoms with Crippen LogP contribution in [0.1, 0.15) is 0 Å². The van der Waals surface area contributed by atoms with E-state index in [1.165, 1.54) is 24.9 Å². The van der Waals surface area contributed by atoms with Crippen molar-refractivity contribution in [1.82, 2.24) is 9.13 Å². The summed E-state index contributed by atoms with van der Waals surface area (Å²) in [6, 6.07) is 0. The van der Waals surface area contributed by atoms with Gasteiger partial charge in [0.05, 0.1) is 16.6 Å². The van der Waals surface area contributed by atoms with Crippen molar-refractivity contribution in [3.8, 4) is 12.3 Å². The summed E-state index contributed by atoms with van der Waals surface area (Å²) in [6.07, 6.45) is 6.26. The maximum atomic E-state index is 11.5. The van der Waals surface area contributed by atoms with Crippen LogP contribution >= 0.6 is 0 Å². The third-order valence-electron chi connectivity index (χ3n) is 1.87. The number of nitrogens with zero attached hydrogens (tertiary/aromatic N) is 2. The molecule has 0 radical (unpaired) electrons. The van der Waals surface area contributed by atoms with Crippen LogP contribution in [0.4, 0.5) is 0 Å². The van der Waals surface area contributed by atoms with Crippen molar-refractivity contribution in [3.63, 3.8) is 0 Å². The molecule has 15 heavy (non-hydrogen) atoms. The lowest BCUT2D eigenvalue weighted by atomic mass is 10.6. The van der Waals surface area contributed by atoms with E-state index in [-0.39, 0.29) is 10.6 Å². The molecule has 1 aromatic rings. The van der Waals surface area contributed by atoms with Crippen LogP contribution in [0.15, 0.2) is 20.7 Å². The Labute approximate surface area is 88.8 Å². The topological polar surface area (TPSA) is 61.1 Å². The number of aryl methyl sites for hydroxylation is 1. The van der Waals surface area contributed by atoms with Crippen LogP contribution in [-0.4, -0.2) is 19.1 Å². The van der Waals surface area contributed by atoms with Gasteiger partial charge in [-0.05, 0) is 0 Å². The van der Waals surface area contributed by atoms with E-state index in [0.717, 1.165) is 4.57 Å². The predicted molar refractivity (Wildman–Crippen MR) is 57.0 cm³/mol. The van der Waals surface area contributed by atoms with Gasteiger partial charge in [0.15, 0.2) is 0 Å². The van der Waals surface area contributed by atoms with Crippen LogP contribution in [0.25, 0.3) is 0 Å². The molecule has 0 aromatic carbocycles. The second kappa shape index (κ2) is 4.28. The average Bonchev–Trinajstić information content (AvgIpc) is 2.20. The fourth-order valence-electron chi connectivity index (χ4n) is 1.08. The maximum Gasteiger partial charge on any atom is 0.330 e. The predicted octanol–water partition coefficient (Wildman–Crippen LogP) is -1.18. The third kappa shape index (κ3) is 2.07. The molecule has 5 nitrogen and oxygen atoms in total. The summed E-state index contributed by atoms with van der Waals surface area (Å²) in [5, 5.41) is 0. The Balaban J connectivity index is 3.48. The standard InChI is InChI=1S/C9H10N2O3S/c1-4-5-15(14)7-6-10(2)9(13)11(3)8(7)12/h1,6H,5H2,2-3H3. The molecule has 0 saturated heterocycles. The summed E-state index contributed by atoms with van der Waals surface area (Å²) >= 11 is 0. The van der Waals surface area contributed by atoms with Crippen molar-refractivity contribution in [2.24, 2.45) is 14.1 Å². The molecule has 0 N–H and O–H groups in total. The van der Waals surface area contributed by atoms with Gasteiger partial charge in [-0.25, -0.2) is 4.79 Å². The molecule has 1 unspecified atom stereocenters. The van der Waals surface area contributed by atoms with Crippen LogP contribution in [-0.2, 0) is 24.9 Å². The van der Waals surface area contributed by atoms with Gasteiger partial charge in [0, 0.05) is 20.3 Å². The molecule has 6 heteroatoms. The Bertz CT molecular complexity index is 562. The molecule has 0 aliphatic heterocycles. The summed E-state index contributed by atoms with van der Waals surface area (Å²) in [5.74, 6) is 2.18. The SMILES string of the molecule is C#CCS(=O)c1cn(C)c(=O)n(C)c1=O. The molecular formula is C9H10N2O3S. The van der Waals surface area contributed by atoms with Crippen molar-refractivity contribution in [1.29, 1.82) is 0 Å². The van der Waals surface area contributed by atoms with Crippen LogP contribution in [0.3, 0.4) is 0 Å². The average molecular weight is 226 g/mol. The Morgan fingerprint density at radius 1 is 1.47 bits per heavy atom. The van der Waals surface area contributed by atoms with Crippen molar-refractivity contribution in [2.45, 2.75) is 4.90 Å². The van der Waals surface area contributed by atoms with E-state index in [1.54, 1.807) is 0 Å². The van der Waals surface area contributed by atoms with Gasteiger partial charge in [-0.1, -0.05) is 5.92 Å². The normalized spacial score (nSPS) is 12.1. The minimum absolute atomic E-state index is 0.0343. The van der Waals surface area contributed by atoms with E-state index in [1.807, 2.05) is 0 Å². The second-order valence-corrected chi connectivity index (χ2v) is 4.36. The van der Waals surface area contributed by atoms with E-state index in [2.05, 4.69) is 5.92 Å².